The lowest BCUT2D eigenvalue weighted by Gasteiger charge is -2.23. The van der Waals surface area contributed by atoms with Crippen LogP contribution in [0.5, 0.6) is 0 Å². The number of nitrogens with zero attached hydrogens (tertiary/aromatic N) is 3. The molecule has 114 valence electrons. The van der Waals surface area contributed by atoms with E-state index in [1.807, 2.05) is 36.3 Å². The molecule has 4 nitrogen and oxygen atoms in total. The Morgan fingerprint density at radius 2 is 2.14 bits per heavy atom. The van der Waals surface area contributed by atoms with Crippen LogP contribution in [0, 0.1) is 0 Å². The molecule has 0 saturated heterocycles. The fourth-order valence-corrected chi connectivity index (χ4v) is 2.54. The van der Waals surface area contributed by atoms with Crippen LogP contribution in [0.15, 0.2) is 30.6 Å². The molecule has 0 fully saturated rings. The summed E-state index contributed by atoms with van der Waals surface area (Å²) in [5.41, 5.74) is 3.47. The molecular weight excluding hydrogens is 284 g/mol. The van der Waals surface area contributed by atoms with Gasteiger partial charge in [-0.25, -0.2) is 0 Å². The van der Waals surface area contributed by atoms with Crippen molar-refractivity contribution in [2.24, 2.45) is 7.05 Å². The maximum atomic E-state index is 6.38. The van der Waals surface area contributed by atoms with Crippen molar-refractivity contribution in [2.75, 3.05) is 11.9 Å². The van der Waals surface area contributed by atoms with Crippen molar-refractivity contribution in [3.8, 4) is 0 Å². The van der Waals surface area contributed by atoms with Gasteiger partial charge in [-0.15, -0.1) is 0 Å². The first-order chi connectivity index (χ1) is 9.97. The van der Waals surface area contributed by atoms with Crippen LogP contribution in [0.3, 0.4) is 0 Å². The molecule has 0 unspecified atom stereocenters. The van der Waals surface area contributed by atoms with Crippen molar-refractivity contribution in [3.63, 3.8) is 0 Å². The van der Waals surface area contributed by atoms with E-state index in [1.54, 1.807) is 0 Å². The third-order valence-corrected chi connectivity index (χ3v) is 3.72. The number of anilines is 1. The quantitative estimate of drug-likeness (QED) is 0.889. The van der Waals surface area contributed by atoms with Crippen molar-refractivity contribution in [1.29, 1.82) is 0 Å². The highest BCUT2D eigenvalue weighted by atomic mass is 35.5. The lowest BCUT2D eigenvalue weighted by atomic mass is 10.1. The van der Waals surface area contributed by atoms with Gasteiger partial charge in [-0.3, -0.25) is 4.68 Å². The summed E-state index contributed by atoms with van der Waals surface area (Å²) < 4.78 is 1.82. The van der Waals surface area contributed by atoms with Crippen LogP contribution in [0.2, 0.25) is 5.02 Å². The normalized spacial score (nSPS) is 11.1. The van der Waals surface area contributed by atoms with Gasteiger partial charge in [0, 0.05) is 61.3 Å². The molecule has 0 bridgehead atoms. The number of benzene rings is 1. The summed E-state index contributed by atoms with van der Waals surface area (Å²) >= 11 is 6.38. The number of aromatic nitrogens is 2. The topological polar surface area (TPSA) is 33.1 Å². The average Bonchev–Trinajstić information content (AvgIpc) is 2.82. The molecule has 0 amide bonds. The Morgan fingerprint density at radius 3 is 2.76 bits per heavy atom. The van der Waals surface area contributed by atoms with Crippen LogP contribution in [-0.2, 0) is 20.1 Å². The average molecular weight is 307 g/mol. The van der Waals surface area contributed by atoms with E-state index in [0.29, 0.717) is 6.04 Å². The van der Waals surface area contributed by atoms with Crippen molar-refractivity contribution >= 4 is 17.3 Å². The maximum Gasteiger partial charge on any atom is 0.0539 e. The van der Waals surface area contributed by atoms with Crippen LogP contribution in [0.25, 0.3) is 0 Å². The molecule has 21 heavy (non-hydrogen) atoms. The molecule has 0 aliphatic carbocycles. The fraction of sp³-hybridized carbons (Fsp3) is 0.438. The van der Waals surface area contributed by atoms with E-state index >= 15 is 0 Å². The maximum absolute atomic E-state index is 6.38. The van der Waals surface area contributed by atoms with E-state index in [9.17, 15) is 0 Å². The summed E-state index contributed by atoms with van der Waals surface area (Å²) in [4.78, 5) is 2.21. The molecule has 0 radical (unpaired) electrons. The molecule has 0 atom stereocenters. The minimum atomic E-state index is 0.428. The smallest absolute Gasteiger partial charge is 0.0539 e. The van der Waals surface area contributed by atoms with Crippen molar-refractivity contribution in [1.82, 2.24) is 15.1 Å². The molecule has 1 aromatic heterocycles. The fourth-order valence-electron chi connectivity index (χ4n) is 2.30. The predicted molar refractivity (Wildman–Crippen MR) is 88.7 cm³/mol. The summed E-state index contributed by atoms with van der Waals surface area (Å²) in [7, 11) is 4.01. The molecule has 2 rings (SSSR count). The zero-order chi connectivity index (χ0) is 15.4. The second-order valence-corrected chi connectivity index (χ2v) is 6.06. The predicted octanol–water partition coefficient (Wildman–Crippen LogP) is 3.21. The molecule has 1 aromatic carbocycles. The molecule has 5 heteroatoms. The highest BCUT2D eigenvalue weighted by Crippen LogP contribution is 2.27. The molecule has 0 saturated carbocycles. The second kappa shape index (κ2) is 6.96. The van der Waals surface area contributed by atoms with E-state index in [4.69, 9.17) is 11.6 Å². The van der Waals surface area contributed by atoms with Crippen LogP contribution >= 0.6 is 11.6 Å². The third kappa shape index (κ3) is 4.22. The van der Waals surface area contributed by atoms with Gasteiger partial charge in [0.15, 0.2) is 0 Å². The largest absolute Gasteiger partial charge is 0.370 e. The van der Waals surface area contributed by atoms with Gasteiger partial charge in [0.25, 0.3) is 0 Å². The van der Waals surface area contributed by atoms with Crippen LogP contribution in [0.4, 0.5) is 5.69 Å². The Balaban J connectivity index is 2.19. The van der Waals surface area contributed by atoms with Crippen molar-refractivity contribution in [2.45, 2.75) is 33.0 Å². The van der Waals surface area contributed by atoms with Gasteiger partial charge in [-0.05, 0) is 12.1 Å². The Labute approximate surface area is 131 Å². The number of hydrogen-bond acceptors (Lipinski definition) is 3. The van der Waals surface area contributed by atoms with E-state index in [2.05, 4.69) is 42.3 Å². The lowest BCUT2D eigenvalue weighted by molar-refractivity contribution is 0.588. The van der Waals surface area contributed by atoms with Gasteiger partial charge >= 0.3 is 0 Å². The Kier molecular flexibility index (Phi) is 5.26. The summed E-state index contributed by atoms with van der Waals surface area (Å²) in [5, 5.41) is 8.46. The molecule has 1 N–H and O–H groups in total. The molecular formula is C16H23ClN4. The molecule has 0 spiro atoms. The minimum Gasteiger partial charge on any atom is -0.370 e. The first-order valence-corrected chi connectivity index (χ1v) is 7.54. The monoisotopic (exact) mass is 306 g/mol. The molecule has 1 heterocycles. The van der Waals surface area contributed by atoms with Gasteiger partial charge in [0.1, 0.15) is 0 Å². The van der Waals surface area contributed by atoms with Crippen LogP contribution < -0.4 is 10.2 Å². The molecule has 2 aromatic rings. The standard InChI is InChI=1S/C16H23ClN4/c1-12(2)18-9-14-15(17)6-5-7-16(14)20(3)10-13-8-19-21(4)11-13/h5-8,11-12,18H,9-10H2,1-4H3. The number of halogens is 1. The third-order valence-electron chi connectivity index (χ3n) is 3.37. The van der Waals surface area contributed by atoms with E-state index in [1.165, 1.54) is 5.56 Å². The van der Waals surface area contributed by atoms with Gasteiger partial charge in [-0.2, -0.15) is 5.10 Å². The van der Waals surface area contributed by atoms with Gasteiger partial charge in [0.2, 0.25) is 0 Å². The SMILES string of the molecule is CC(C)NCc1c(Cl)cccc1N(C)Cc1cnn(C)c1. The lowest BCUT2D eigenvalue weighted by Crippen LogP contribution is -2.25. The summed E-state index contributed by atoms with van der Waals surface area (Å²) in [6, 6.07) is 6.48. The number of aryl methyl sites for hydroxylation is 1. The van der Waals surface area contributed by atoms with Gasteiger partial charge in [-0.1, -0.05) is 31.5 Å². The second-order valence-electron chi connectivity index (χ2n) is 5.65. The van der Waals surface area contributed by atoms with Crippen LogP contribution in [0.1, 0.15) is 25.0 Å². The Bertz CT molecular complexity index is 592. The number of hydrogen-bond donors (Lipinski definition) is 1. The Morgan fingerprint density at radius 1 is 1.38 bits per heavy atom. The van der Waals surface area contributed by atoms with Gasteiger partial charge in [0.05, 0.1) is 6.20 Å². The van der Waals surface area contributed by atoms with Crippen molar-refractivity contribution in [3.05, 3.63) is 46.7 Å². The van der Waals surface area contributed by atoms with Crippen LogP contribution in [-0.4, -0.2) is 22.9 Å². The highest BCUT2D eigenvalue weighted by Gasteiger charge is 2.12. The van der Waals surface area contributed by atoms with E-state index in [0.717, 1.165) is 29.4 Å². The zero-order valence-corrected chi connectivity index (χ0v) is 13.9. The zero-order valence-electron chi connectivity index (χ0n) is 13.1. The molecule has 0 aliphatic rings. The summed E-state index contributed by atoms with van der Waals surface area (Å²) in [6.45, 7) is 5.85. The first-order valence-electron chi connectivity index (χ1n) is 7.17. The summed E-state index contributed by atoms with van der Waals surface area (Å²) in [5.74, 6) is 0. The highest BCUT2D eigenvalue weighted by molar-refractivity contribution is 6.31. The van der Waals surface area contributed by atoms with E-state index < -0.39 is 0 Å². The number of nitrogens with one attached hydrogen (secondary N) is 1. The van der Waals surface area contributed by atoms with Gasteiger partial charge < -0.3 is 10.2 Å². The van der Waals surface area contributed by atoms with E-state index in [-0.39, 0.29) is 0 Å². The minimum absolute atomic E-state index is 0.428. The first kappa shape index (κ1) is 15.9. The van der Waals surface area contributed by atoms with Crippen molar-refractivity contribution < 1.29 is 0 Å². The molecule has 0 aliphatic heterocycles. The Hall–Kier alpha value is -1.52. The summed E-state index contributed by atoms with van der Waals surface area (Å²) in [6.07, 6.45) is 3.93. The number of rotatable bonds is 6.